The molecule has 0 aromatic heterocycles. The van der Waals surface area contributed by atoms with Gasteiger partial charge in [0.2, 0.25) is 0 Å². The van der Waals surface area contributed by atoms with Gasteiger partial charge in [0, 0.05) is 4.90 Å². The molecule has 24 heavy (non-hydrogen) atoms. The van der Waals surface area contributed by atoms with E-state index in [4.69, 9.17) is 0 Å². The largest absolute Gasteiger partial charge is 0.381 e. The zero-order valence-corrected chi connectivity index (χ0v) is 14.8. The second-order valence-corrected chi connectivity index (χ2v) is 9.15. The molecule has 2 aromatic rings. The molecule has 0 amide bonds. The van der Waals surface area contributed by atoms with Crippen molar-refractivity contribution >= 4 is 10.5 Å². The fraction of sp³-hybridized carbons (Fsp3) is 0.368. The van der Waals surface area contributed by atoms with Crippen LogP contribution in [0, 0.1) is 0 Å². The van der Waals surface area contributed by atoms with Crippen LogP contribution < -0.4 is 4.72 Å². The summed E-state index contributed by atoms with van der Waals surface area (Å²) in [6, 6.07) is 16.5. The molecule has 3 nitrogen and oxygen atoms in total. The molecule has 130 valence electrons. The maximum absolute atomic E-state index is 15.4. The first-order chi connectivity index (χ1) is 11.3. The normalized spacial score (nSPS) is 30.2. The van der Waals surface area contributed by atoms with Gasteiger partial charge in [-0.15, -0.1) is 0 Å². The van der Waals surface area contributed by atoms with Crippen molar-refractivity contribution < 1.29 is 14.0 Å². The van der Waals surface area contributed by atoms with E-state index >= 15 is 4.39 Å². The van der Waals surface area contributed by atoms with E-state index in [1.165, 1.54) is 6.92 Å². The minimum Gasteiger partial charge on any atom is -0.381 e. The number of benzene rings is 2. The third-order valence-electron chi connectivity index (χ3n) is 5.08. The molecule has 1 unspecified atom stereocenters. The summed E-state index contributed by atoms with van der Waals surface area (Å²) in [4.78, 5) is 0.680. The van der Waals surface area contributed by atoms with Gasteiger partial charge < -0.3 is 9.66 Å². The Kier molecular flexibility index (Phi) is 4.47. The molecule has 0 bridgehead atoms. The van der Waals surface area contributed by atoms with E-state index in [-0.39, 0.29) is 12.2 Å². The summed E-state index contributed by atoms with van der Waals surface area (Å²) in [6.07, 6.45) is 0.818. The third kappa shape index (κ3) is 2.75. The van der Waals surface area contributed by atoms with Crippen molar-refractivity contribution in [1.29, 1.82) is 0 Å². The topological polar surface area (TPSA) is 52.5 Å². The van der Waals surface area contributed by atoms with Crippen LogP contribution in [0.5, 0.6) is 0 Å². The molecular formula is C19H24FNO2S. The molecule has 3 N–H and O–H groups in total. The smallest absolute Gasteiger partial charge is 0.142 e. The molecule has 3 rings (SSSR count). The number of hydrogen-bond acceptors (Lipinski definition) is 3. The predicted molar refractivity (Wildman–Crippen MR) is 97.0 cm³/mol. The summed E-state index contributed by atoms with van der Waals surface area (Å²) < 4.78 is 29.6. The van der Waals surface area contributed by atoms with Gasteiger partial charge in [-0.05, 0) is 50.1 Å². The van der Waals surface area contributed by atoms with Gasteiger partial charge in [-0.1, -0.05) is 53.0 Å². The van der Waals surface area contributed by atoms with Gasteiger partial charge in [0.05, 0.1) is 5.75 Å². The Morgan fingerprint density at radius 1 is 1.12 bits per heavy atom. The number of halogens is 1. The zero-order chi connectivity index (χ0) is 17.4. The first-order valence-electron chi connectivity index (χ1n) is 8.09. The molecule has 0 spiro atoms. The highest BCUT2D eigenvalue weighted by Crippen LogP contribution is 2.56. The lowest BCUT2D eigenvalue weighted by atomic mass is 9.71. The summed E-state index contributed by atoms with van der Waals surface area (Å²) in [6.45, 7) is 1.43. The van der Waals surface area contributed by atoms with Gasteiger partial charge >= 0.3 is 0 Å². The van der Waals surface area contributed by atoms with E-state index in [1.54, 1.807) is 25.2 Å². The van der Waals surface area contributed by atoms with Crippen molar-refractivity contribution in [3.63, 3.8) is 0 Å². The molecule has 3 atom stereocenters. The van der Waals surface area contributed by atoms with Crippen LogP contribution in [0.15, 0.2) is 59.5 Å². The highest BCUT2D eigenvalue weighted by molar-refractivity contribution is 8.27. The first kappa shape index (κ1) is 17.4. The van der Waals surface area contributed by atoms with Gasteiger partial charge in [-0.3, -0.25) is 4.72 Å². The van der Waals surface area contributed by atoms with Crippen LogP contribution in [-0.4, -0.2) is 28.1 Å². The number of aryl methyl sites for hydroxylation is 1. The molecule has 5 heteroatoms. The minimum atomic E-state index is -2.57. The summed E-state index contributed by atoms with van der Waals surface area (Å²) in [5.41, 5.74) is -2.03. The predicted octanol–water partition coefficient (Wildman–Crippen LogP) is 4.02. The fourth-order valence-corrected chi connectivity index (χ4v) is 5.66. The van der Waals surface area contributed by atoms with Crippen LogP contribution >= 0.6 is 10.5 Å². The highest BCUT2D eigenvalue weighted by atomic mass is 32.3. The molecule has 1 aliphatic rings. The monoisotopic (exact) mass is 349 g/mol. The van der Waals surface area contributed by atoms with Crippen LogP contribution in [0.3, 0.4) is 0 Å². The fourth-order valence-electron chi connectivity index (χ4n) is 3.45. The van der Waals surface area contributed by atoms with E-state index in [2.05, 4.69) is 4.72 Å². The van der Waals surface area contributed by atoms with Crippen molar-refractivity contribution in [3.05, 3.63) is 65.7 Å². The van der Waals surface area contributed by atoms with Gasteiger partial charge in [-0.25, -0.2) is 4.39 Å². The maximum Gasteiger partial charge on any atom is 0.142 e. The van der Waals surface area contributed by atoms with Crippen molar-refractivity contribution in [2.75, 3.05) is 12.8 Å². The quantitative estimate of drug-likeness (QED) is 0.781. The Balaban J connectivity index is 2.09. The molecule has 0 saturated carbocycles. The van der Waals surface area contributed by atoms with Crippen LogP contribution in [0.25, 0.3) is 0 Å². The van der Waals surface area contributed by atoms with E-state index in [0.717, 1.165) is 5.56 Å². The summed E-state index contributed by atoms with van der Waals surface area (Å²) in [5, 5.41) is 11.4. The molecular weight excluding hydrogens is 325 g/mol. The highest BCUT2D eigenvalue weighted by Gasteiger charge is 2.54. The molecule has 0 heterocycles. The van der Waals surface area contributed by atoms with Crippen LogP contribution in [0.1, 0.15) is 24.5 Å². The average molecular weight is 349 g/mol. The Labute approximate surface area is 144 Å². The number of fused-ring (bicyclic) bond motifs is 1. The second kappa shape index (κ2) is 6.15. The molecule has 0 aliphatic heterocycles. The molecule has 0 fully saturated rings. The second-order valence-electron chi connectivity index (χ2n) is 6.58. The van der Waals surface area contributed by atoms with E-state index in [9.17, 15) is 9.66 Å². The molecule has 2 aromatic carbocycles. The van der Waals surface area contributed by atoms with E-state index < -0.39 is 21.8 Å². The van der Waals surface area contributed by atoms with Crippen LogP contribution in [0.4, 0.5) is 4.39 Å². The SMILES string of the molecule is CNS(O)(C[C@@]1(O)c2ccccc2CC[C@]1(C)F)c1ccccc1. The maximum atomic E-state index is 15.4. The van der Waals surface area contributed by atoms with Gasteiger partial charge in [0.1, 0.15) is 11.3 Å². The zero-order valence-electron chi connectivity index (χ0n) is 14.0. The summed E-state index contributed by atoms with van der Waals surface area (Å²) in [5.74, 6) is -0.0927. The van der Waals surface area contributed by atoms with Gasteiger partial charge in [0.15, 0.2) is 0 Å². The Bertz CT molecular complexity index is 724. The van der Waals surface area contributed by atoms with Crippen molar-refractivity contribution in [2.24, 2.45) is 0 Å². The van der Waals surface area contributed by atoms with Crippen molar-refractivity contribution in [3.8, 4) is 0 Å². The summed E-state index contributed by atoms with van der Waals surface area (Å²) >= 11 is 0. The van der Waals surface area contributed by atoms with Gasteiger partial charge in [-0.2, -0.15) is 0 Å². The lowest BCUT2D eigenvalue weighted by Gasteiger charge is -2.49. The molecule has 1 aliphatic carbocycles. The summed E-state index contributed by atoms with van der Waals surface area (Å²) in [7, 11) is -0.919. The van der Waals surface area contributed by atoms with Gasteiger partial charge in [0.25, 0.3) is 0 Å². The first-order valence-corrected chi connectivity index (χ1v) is 9.85. The molecule has 0 radical (unpaired) electrons. The average Bonchev–Trinajstić information content (AvgIpc) is 2.60. The Morgan fingerprint density at radius 3 is 2.42 bits per heavy atom. The standard InChI is InChI=1S/C19H24FNO2S/c1-18(20)13-12-15-8-6-7-11-17(15)19(18,22)14-24(23,21-2)16-9-4-3-5-10-16/h3-11,21-23H,12-14H2,1-2H3/t18-,19+/m0/s1. The lowest BCUT2D eigenvalue weighted by Crippen LogP contribution is -2.54. The number of rotatable bonds is 4. The van der Waals surface area contributed by atoms with Crippen molar-refractivity contribution in [2.45, 2.75) is 35.9 Å². The number of nitrogens with one attached hydrogen (secondary N) is 1. The number of aliphatic hydroxyl groups is 1. The van der Waals surface area contributed by atoms with Crippen LogP contribution in [0.2, 0.25) is 0 Å². The Hall–Kier alpha value is -1.40. The lowest BCUT2D eigenvalue weighted by molar-refractivity contribution is -0.0955. The number of alkyl halides is 1. The third-order valence-corrected chi connectivity index (χ3v) is 7.64. The van der Waals surface area contributed by atoms with E-state index in [1.807, 2.05) is 36.4 Å². The number of hydrogen-bond donors (Lipinski definition) is 3. The minimum absolute atomic E-state index is 0.0927. The van der Waals surface area contributed by atoms with Crippen molar-refractivity contribution in [1.82, 2.24) is 4.72 Å². The van der Waals surface area contributed by atoms with Crippen LogP contribution in [-0.2, 0) is 12.0 Å². The van der Waals surface area contributed by atoms with E-state index in [0.29, 0.717) is 16.9 Å². The molecule has 0 saturated heterocycles. The Morgan fingerprint density at radius 2 is 1.75 bits per heavy atom.